The maximum absolute atomic E-state index is 6.49. The Morgan fingerprint density at radius 2 is 1.31 bits per heavy atom. The molecule has 4 heteroatoms. The molecule has 0 N–H and O–H groups in total. The molecule has 8 rings (SSSR count). The summed E-state index contributed by atoms with van der Waals surface area (Å²) in [6.45, 7) is 0. The summed E-state index contributed by atoms with van der Waals surface area (Å²) in [6.07, 6.45) is 0. The van der Waals surface area contributed by atoms with Crippen LogP contribution in [0.15, 0.2) is 106 Å². The third kappa shape index (κ3) is 2.70. The standard InChI is InChI=1S/C31H16ClNO2/c32-21-11-13-22-19(15-21)8-7-17-5-6-18-10-14-25-30(29(18)28(17)22)35-31(33-25)20-9-12-24-23-3-1-2-4-26(23)34-27(24)16-20/h1-16H. The molecule has 164 valence electrons. The third-order valence-electron chi connectivity index (χ3n) is 6.92. The summed E-state index contributed by atoms with van der Waals surface area (Å²) in [5.41, 5.74) is 4.20. The SMILES string of the molecule is Clc1ccc2c(ccc3ccc4ccc5nc(-c6ccc7c(c6)oc6ccccc67)oc5c4c32)c1. The number of aromatic nitrogens is 1. The van der Waals surface area contributed by atoms with Crippen molar-refractivity contribution in [1.82, 2.24) is 4.98 Å². The molecule has 0 fully saturated rings. The average molecular weight is 470 g/mol. The highest BCUT2D eigenvalue weighted by Gasteiger charge is 2.16. The summed E-state index contributed by atoms with van der Waals surface area (Å²) in [5, 5.41) is 9.65. The van der Waals surface area contributed by atoms with Crippen LogP contribution in [0.25, 0.3) is 76.8 Å². The van der Waals surface area contributed by atoms with Crippen molar-refractivity contribution in [2.45, 2.75) is 0 Å². The molecule has 6 aromatic carbocycles. The highest BCUT2D eigenvalue weighted by Crippen LogP contribution is 2.39. The van der Waals surface area contributed by atoms with Gasteiger partial charge in [0.15, 0.2) is 5.58 Å². The smallest absolute Gasteiger partial charge is 0.227 e. The molecule has 8 aromatic rings. The van der Waals surface area contributed by atoms with Gasteiger partial charge < -0.3 is 8.83 Å². The van der Waals surface area contributed by atoms with E-state index in [0.717, 1.165) is 75.9 Å². The molecule has 0 atom stereocenters. The summed E-state index contributed by atoms with van der Waals surface area (Å²) >= 11 is 6.29. The molecule has 2 heterocycles. The summed E-state index contributed by atoms with van der Waals surface area (Å²) < 4.78 is 12.6. The number of rotatable bonds is 1. The normalized spacial score (nSPS) is 12.1. The Balaban J connectivity index is 1.43. The Kier molecular flexibility index (Phi) is 3.72. The second kappa shape index (κ2) is 6.84. The Morgan fingerprint density at radius 3 is 2.23 bits per heavy atom. The zero-order valence-corrected chi connectivity index (χ0v) is 19.1. The van der Waals surface area contributed by atoms with Crippen molar-refractivity contribution < 1.29 is 8.83 Å². The largest absolute Gasteiger partial charge is 0.456 e. The van der Waals surface area contributed by atoms with Crippen molar-refractivity contribution >= 4 is 77.0 Å². The lowest BCUT2D eigenvalue weighted by molar-refractivity contribution is 0.622. The first-order valence-electron chi connectivity index (χ1n) is 11.5. The minimum atomic E-state index is 0.579. The molecule has 0 amide bonds. The van der Waals surface area contributed by atoms with Crippen LogP contribution in [0.1, 0.15) is 0 Å². The van der Waals surface area contributed by atoms with Crippen LogP contribution in [0.3, 0.4) is 0 Å². The first kappa shape index (κ1) is 19.0. The van der Waals surface area contributed by atoms with E-state index in [1.165, 1.54) is 0 Å². The van der Waals surface area contributed by atoms with Gasteiger partial charge in [0, 0.05) is 32.1 Å². The van der Waals surface area contributed by atoms with E-state index in [-0.39, 0.29) is 0 Å². The molecule has 0 radical (unpaired) electrons. The summed E-state index contributed by atoms with van der Waals surface area (Å²) in [5.74, 6) is 0.579. The molecular weight excluding hydrogens is 454 g/mol. The quantitative estimate of drug-likeness (QED) is 0.225. The van der Waals surface area contributed by atoms with Crippen molar-refractivity contribution in [3.8, 4) is 11.5 Å². The molecule has 35 heavy (non-hydrogen) atoms. The van der Waals surface area contributed by atoms with Crippen molar-refractivity contribution in [1.29, 1.82) is 0 Å². The van der Waals surface area contributed by atoms with Gasteiger partial charge in [0.1, 0.15) is 16.7 Å². The number of halogens is 1. The van der Waals surface area contributed by atoms with Crippen LogP contribution in [0.5, 0.6) is 0 Å². The fraction of sp³-hybridized carbons (Fsp3) is 0. The van der Waals surface area contributed by atoms with Crippen LogP contribution < -0.4 is 0 Å². The number of hydrogen-bond acceptors (Lipinski definition) is 3. The predicted octanol–water partition coefficient (Wildman–Crippen LogP) is 9.51. The van der Waals surface area contributed by atoms with Gasteiger partial charge in [-0.25, -0.2) is 4.98 Å². The van der Waals surface area contributed by atoms with Gasteiger partial charge in [-0.2, -0.15) is 0 Å². The van der Waals surface area contributed by atoms with Gasteiger partial charge in [-0.05, 0) is 64.0 Å². The number of nitrogens with zero attached hydrogens (tertiary/aromatic N) is 1. The van der Waals surface area contributed by atoms with Crippen LogP contribution in [0.2, 0.25) is 5.02 Å². The van der Waals surface area contributed by atoms with E-state index in [0.29, 0.717) is 5.89 Å². The average Bonchev–Trinajstić information content (AvgIpc) is 3.49. The number of para-hydroxylation sites is 1. The van der Waals surface area contributed by atoms with Crippen molar-refractivity contribution in [3.63, 3.8) is 0 Å². The van der Waals surface area contributed by atoms with E-state index < -0.39 is 0 Å². The van der Waals surface area contributed by atoms with Gasteiger partial charge in [-0.15, -0.1) is 0 Å². The van der Waals surface area contributed by atoms with E-state index in [2.05, 4.69) is 48.5 Å². The van der Waals surface area contributed by atoms with Crippen molar-refractivity contribution in [3.05, 3.63) is 102 Å². The molecule has 2 aromatic heterocycles. The minimum Gasteiger partial charge on any atom is -0.456 e. The van der Waals surface area contributed by atoms with E-state index in [1.54, 1.807) is 0 Å². The first-order chi connectivity index (χ1) is 17.2. The van der Waals surface area contributed by atoms with Gasteiger partial charge in [0.2, 0.25) is 5.89 Å². The Hall–Kier alpha value is -4.34. The molecule has 0 aliphatic rings. The van der Waals surface area contributed by atoms with Crippen LogP contribution in [0.4, 0.5) is 0 Å². The molecule has 3 nitrogen and oxygen atoms in total. The maximum atomic E-state index is 6.49. The van der Waals surface area contributed by atoms with Gasteiger partial charge >= 0.3 is 0 Å². The van der Waals surface area contributed by atoms with Crippen LogP contribution in [-0.2, 0) is 0 Å². The fourth-order valence-corrected chi connectivity index (χ4v) is 5.48. The van der Waals surface area contributed by atoms with Crippen molar-refractivity contribution in [2.75, 3.05) is 0 Å². The molecule has 0 saturated heterocycles. The number of furan rings is 1. The lowest BCUT2D eigenvalue weighted by atomic mass is 9.96. The summed E-state index contributed by atoms with van der Waals surface area (Å²) in [4.78, 5) is 4.87. The summed E-state index contributed by atoms with van der Waals surface area (Å²) in [7, 11) is 0. The van der Waals surface area contributed by atoms with E-state index in [1.807, 2.05) is 48.5 Å². The number of benzene rings is 6. The number of oxazole rings is 1. The number of fused-ring (bicyclic) bond motifs is 10. The second-order valence-electron chi connectivity index (χ2n) is 8.93. The first-order valence-corrected chi connectivity index (χ1v) is 11.9. The zero-order chi connectivity index (χ0) is 23.1. The molecule has 0 bridgehead atoms. The van der Waals surface area contributed by atoms with Gasteiger partial charge in [0.25, 0.3) is 0 Å². The lowest BCUT2D eigenvalue weighted by Crippen LogP contribution is -1.82. The molecule has 0 unspecified atom stereocenters. The maximum Gasteiger partial charge on any atom is 0.227 e. The van der Waals surface area contributed by atoms with E-state index in [4.69, 9.17) is 25.4 Å². The fourth-order valence-electron chi connectivity index (χ4n) is 5.30. The van der Waals surface area contributed by atoms with E-state index >= 15 is 0 Å². The minimum absolute atomic E-state index is 0.579. The monoisotopic (exact) mass is 469 g/mol. The van der Waals surface area contributed by atoms with Gasteiger partial charge in [-0.1, -0.05) is 66.2 Å². The molecule has 0 aliphatic heterocycles. The highest BCUT2D eigenvalue weighted by atomic mass is 35.5. The second-order valence-corrected chi connectivity index (χ2v) is 9.37. The molecular formula is C31H16ClNO2. The van der Waals surface area contributed by atoms with Gasteiger partial charge in [-0.3, -0.25) is 0 Å². The molecule has 0 saturated carbocycles. The van der Waals surface area contributed by atoms with Crippen molar-refractivity contribution in [2.24, 2.45) is 0 Å². The third-order valence-corrected chi connectivity index (χ3v) is 7.16. The van der Waals surface area contributed by atoms with E-state index in [9.17, 15) is 0 Å². The van der Waals surface area contributed by atoms with Crippen LogP contribution in [-0.4, -0.2) is 4.98 Å². The Morgan fingerprint density at radius 1 is 0.571 bits per heavy atom. The predicted molar refractivity (Wildman–Crippen MR) is 144 cm³/mol. The molecule has 0 aliphatic carbocycles. The van der Waals surface area contributed by atoms with Gasteiger partial charge in [0.05, 0.1) is 0 Å². The Bertz CT molecular complexity index is 2130. The number of hydrogen-bond donors (Lipinski definition) is 0. The topological polar surface area (TPSA) is 39.2 Å². The highest BCUT2D eigenvalue weighted by molar-refractivity contribution is 6.32. The summed E-state index contributed by atoms with van der Waals surface area (Å²) in [6, 6.07) is 32.9. The van der Waals surface area contributed by atoms with Crippen LogP contribution in [0, 0.1) is 0 Å². The Labute approximate surface area is 204 Å². The zero-order valence-electron chi connectivity index (χ0n) is 18.4. The lowest BCUT2D eigenvalue weighted by Gasteiger charge is -2.08. The van der Waals surface area contributed by atoms with Crippen LogP contribution >= 0.6 is 11.6 Å². The molecule has 0 spiro atoms.